The Kier molecular flexibility index (Phi) is 27.9. The van der Waals surface area contributed by atoms with Gasteiger partial charge >= 0.3 is 0 Å². The van der Waals surface area contributed by atoms with Crippen molar-refractivity contribution in [3.63, 3.8) is 0 Å². The number of carbonyl (C=O) groups excluding carboxylic acids is 4. The largest absolute Gasteiger partial charge is 0.506 e. The lowest BCUT2D eigenvalue weighted by molar-refractivity contribution is -0.116. The molecule has 22 heteroatoms. The summed E-state index contributed by atoms with van der Waals surface area (Å²) in [6, 6.07) is 29.0. The Labute approximate surface area is 525 Å². The number of aromatic hydroxyl groups is 2. The number of unbranched alkanes of at least 4 members (excludes halogenated alkanes) is 6. The number of hydrogen-bond donors (Lipinski definition) is 6. The van der Waals surface area contributed by atoms with E-state index in [1.165, 1.54) is 136 Å². The highest BCUT2D eigenvalue weighted by Gasteiger charge is 2.34. The maximum absolute atomic E-state index is 13.4. The maximum atomic E-state index is 13.4. The number of anilines is 4. The van der Waals surface area contributed by atoms with Crippen LogP contribution in [0.25, 0.3) is 0 Å². The smallest absolute Gasteiger partial charge is 0.255 e. The number of phenols is 2. The van der Waals surface area contributed by atoms with Crippen LogP contribution in [-0.2, 0) is 29.3 Å². The van der Waals surface area contributed by atoms with E-state index < -0.39 is 53.8 Å². The van der Waals surface area contributed by atoms with Gasteiger partial charge in [-0.05, 0) is 147 Å². The summed E-state index contributed by atoms with van der Waals surface area (Å²) in [5, 5.41) is 29.4. The summed E-state index contributed by atoms with van der Waals surface area (Å²) in [6.07, 6.45) is 11.9. The summed E-state index contributed by atoms with van der Waals surface area (Å²) in [5.41, 5.74) is 0.957. The van der Waals surface area contributed by atoms with Crippen molar-refractivity contribution in [2.24, 2.45) is 11.8 Å². The molecule has 16 nitrogen and oxygen atoms in total. The molecule has 4 atom stereocenters. The molecule has 6 rings (SSSR count). The van der Waals surface area contributed by atoms with Crippen molar-refractivity contribution < 1.29 is 55.7 Å². The van der Waals surface area contributed by atoms with Gasteiger partial charge in [0, 0.05) is 34.6 Å². The normalized spacial score (nSPS) is 12.8. The Morgan fingerprint density at radius 2 is 0.826 bits per heavy atom. The third-order valence-electron chi connectivity index (χ3n) is 13.9. The van der Waals surface area contributed by atoms with Gasteiger partial charge in [-0.3, -0.25) is 19.2 Å². The second-order valence-electron chi connectivity index (χ2n) is 21.0. The van der Waals surface area contributed by atoms with E-state index in [1.54, 1.807) is 38.1 Å². The van der Waals surface area contributed by atoms with Crippen LogP contribution in [0.1, 0.15) is 139 Å². The molecule has 0 spiro atoms. The molecule has 0 aliphatic heterocycles. The highest BCUT2D eigenvalue weighted by molar-refractivity contribution is 7.93. The van der Waals surface area contributed by atoms with E-state index in [-0.39, 0.29) is 78.1 Å². The van der Waals surface area contributed by atoms with Gasteiger partial charge in [-0.2, -0.15) is 0 Å². The highest BCUT2D eigenvalue weighted by Crippen LogP contribution is 2.33. The monoisotopic (exact) mass is 1300 g/mol. The summed E-state index contributed by atoms with van der Waals surface area (Å²) in [5.74, 6) is -1.29. The summed E-state index contributed by atoms with van der Waals surface area (Å²) >= 11 is 23.7. The number of phenolic OH excluding ortho intramolecular Hbond substituents is 2. The molecule has 0 aliphatic carbocycles. The van der Waals surface area contributed by atoms with Gasteiger partial charge in [-0.25, -0.2) is 16.8 Å². The highest BCUT2D eigenvalue weighted by atomic mass is 35.5. The zero-order chi connectivity index (χ0) is 63.1. The van der Waals surface area contributed by atoms with Gasteiger partial charge in [0.1, 0.15) is 33.5 Å². The van der Waals surface area contributed by atoms with Crippen LogP contribution in [0, 0.1) is 11.8 Å². The van der Waals surface area contributed by atoms with Crippen molar-refractivity contribution in [3.05, 3.63) is 153 Å². The minimum absolute atomic E-state index is 0.00842. The molecule has 6 aromatic rings. The second-order valence-corrected chi connectivity index (χ2v) is 26.9. The van der Waals surface area contributed by atoms with Crippen LogP contribution in [0.4, 0.5) is 22.7 Å². The molecule has 0 aromatic heterocycles. The molecule has 0 saturated carbocycles. The van der Waals surface area contributed by atoms with Crippen LogP contribution in [0.2, 0.25) is 20.1 Å². The summed E-state index contributed by atoms with van der Waals surface area (Å²) in [6.45, 7) is 12.9. The standard InChI is InChI=1S/C34H42Cl2N2O6S.C30H34Cl2N2O6S/c1-4-6-7-8-9-10-11-23(3)22-44-26-14-16-27(17-15-26)45(42,43)32(5-2)34(41)37-25-13-19-30(31(39)21-25)38-33(40)24-12-18-28(35)29(36)20-24;1-4-6-7-19(3)18-40-22-10-12-23(13-11-22)41(38,39)28(5-2)30(37)33-21-9-15-26(27(35)17-21)34-29(36)20-8-14-24(31)25(32)16-20/h12-21,23,32,39H,4-11,22H2,1-3H3,(H,37,41)(H,38,40);8-17,19,28,35H,4-7,18H2,1-3H3,(H,33,37)(H,34,36). The molecule has 0 fully saturated rings. The van der Waals surface area contributed by atoms with E-state index in [1.807, 2.05) is 0 Å². The minimum Gasteiger partial charge on any atom is -0.506 e. The van der Waals surface area contributed by atoms with Crippen LogP contribution in [0.5, 0.6) is 23.0 Å². The quantitative estimate of drug-likeness (QED) is 0.0182. The first kappa shape index (κ1) is 70.2. The Morgan fingerprint density at radius 1 is 0.453 bits per heavy atom. The van der Waals surface area contributed by atoms with Crippen molar-refractivity contribution in [1.29, 1.82) is 0 Å². The van der Waals surface area contributed by atoms with Crippen LogP contribution >= 0.6 is 46.4 Å². The number of carbonyl (C=O) groups is 4. The number of ether oxygens (including phenoxy) is 2. The molecule has 0 saturated heterocycles. The number of rotatable bonds is 30. The lowest BCUT2D eigenvalue weighted by Crippen LogP contribution is -2.34. The lowest BCUT2D eigenvalue weighted by Gasteiger charge is -2.17. The number of amides is 4. The van der Waals surface area contributed by atoms with Gasteiger partial charge in [0.05, 0.1) is 54.5 Å². The molecule has 0 aliphatic rings. The van der Waals surface area contributed by atoms with Crippen LogP contribution in [-0.4, -0.2) is 74.4 Å². The Hall–Kier alpha value is -6.54. The lowest BCUT2D eigenvalue weighted by atomic mass is 10.0. The van der Waals surface area contributed by atoms with E-state index in [9.17, 15) is 46.2 Å². The minimum atomic E-state index is -4.02. The van der Waals surface area contributed by atoms with E-state index in [0.717, 1.165) is 25.7 Å². The Morgan fingerprint density at radius 3 is 1.19 bits per heavy atom. The predicted molar refractivity (Wildman–Crippen MR) is 345 cm³/mol. The third-order valence-corrected chi connectivity index (χ3v) is 19.9. The number of hydrogen-bond acceptors (Lipinski definition) is 12. The fraction of sp³-hybridized carbons (Fsp3) is 0.375. The Bertz CT molecular complexity index is 3480. The average Bonchev–Trinajstić information content (AvgIpc) is 1.98. The van der Waals surface area contributed by atoms with Gasteiger partial charge in [0.2, 0.25) is 11.8 Å². The first-order chi connectivity index (χ1) is 40.9. The Balaban J connectivity index is 0.000000315. The molecule has 0 bridgehead atoms. The SMILES string of the molecule is CCCCC(C)COc1ccc(S(=O)(=O)C(CC)C(=O)Nc2ccc(NC(=O)c3ccc(Cl)c(Cl)c3)c(O)c2)cc1.CCCCCCCCC(C)COc1ccc(S(=O)(=O)C(CC)C(=O)Nc2ccc(NC(=O)c3ccc(Cl)c(Cl)c3)c(O)c2)cc1. The summed E-state index contributed by atoms with van der Waals surface area (Å²) < 4.78 is 65.1. The molecule has 86 heavy (non-hydrogen) atoms. The van der Waals surface area contributed by atoms with Gasteiger partial charge in [-0.15, -0.1) is 0 Å². The second kappa shape index (κ2) is 34.1. The number of sulfone groups is 2. The van der Waals surface area contributed by atoms with Crippen LogP contribution in [0.15, 0.2) is 131 Å². The predicted octanol–water partition coefficient (Wildman–Crippen LogP) is 16.3. The molecule has 464 valence electrons. The molecule has 6 aromatic carbocycles. The zero-order valence-electron chi connectivity index (χ0n) is 49.1. The number of benzene rings is 6. The molecular formula is C64H76Cl4N4O12S2. The molecule has 6 N–H and O–H groups in total. The first-order valence-electron chi connectivity index (χ1n) is 28.7. The van der Waals surface area contributed by atoms with Crippen molar-refractivity contribution in [2.75, 3.05) is 34.5 Å². The molecule has 4 amide bonds. The van der Waals surface area contributed by atoms with Gasteiger partial charge < -0.3 is 41.0 Å². The van der Waals surface area contributed by atoms with Gasteiger partial charge in [0.15, 0.2) is 19.7 Å². The maximum Gasteiger partial charge on any atom is 0.255 e. The van der Waals surface area contributed by atoms with Crippen molar-refractivity contribution >= 4 is 112 Å². The molecule has 0 heterocycles. The fourth-order valence-electron chi connectivity index (χ4n) is 8.88. The first-order valence-corrected chi connectivity index (χ1v) is 33.3. The summed E-state index contributed by atoms with van der Waals surface area (Å²) in [4.78, 5) is 51.2. The van der Waals surface area contributed by atoms with E-state index in [4.69, 9.17) is 55.9 Å². The average molecular weight is 1300 g/mol. The number of nitrogens with one attached hydrogen (secondary N) is 4. The van der Waals surface area contributed by atoms with Crippen molar-refractivity contribution in [2.45, 2.75) is 139 Å². The number of halogens is 4. The molecule has 4 unspecified atom stereocenters. The third kappa shape index (κ3) is 20.8. The fourth-order valence-corrected chi connectivity index (χ4v) is 12.7. The van der Waals surface area contributed by atoms with Gasteiger partial charge in [0.25, 0.3) is 11.8 Å². The van der Waals surface area contributed by atoms with Crippen LogP contribution < -0.4 is 30.7 Å². The molecule has 0 radical (unpaired) electrons. The molecular weight excluding hydrogens is 1220 g/mol. The topological polar surface area (TPSA) is 244 Å². The van der Waals surface area contributed by atoms with Crippen molar-refractivity contribution in [3.8, 4) is 23.0 Å². The zero-order valence-corrected chi connectivity index (χ0v) is 53.7. The van der Waals surface area contributed by atoms with Crippen LogP contribution in [0.3, 0.4) is 0 Å². The summed E-state index contributed by atoms with van der Waals surface area (Å²) in [7, 11) is -8.03. The van der Waals surface area contributed by atoms with Crippen molar-refractivity contribution in [1.82, 2.24) is 0 Å². The van der Waals surface area contributed by atoms with E-state index in [2.05, 4.69) is 49.0 Å². The van der Waals surface area contributed by atoms with E-state index >= 15 is 0 Å². The van der Waals surface area contributed by atoms with Gasteiger partial charge in [-0.1, -0.05) is 139 Å². The van der Waals surface area contributed by atoms with E-state index in [0.29, 0.717) is 46.6 Å².